The van der Waals surface area contributed by atoms with E-state index in [-0.39, 0.29) is 18.1 Å². The molecule has 10 heteroatoms. The molecule has 2 aromatic rings. The Hall–Kier alpha value is -3.66. The average Bonchev–Trinajstić information content (AvgIpc) is 3.41. The first-order valence-electron chi connectivity index (χ1n) is 12.7. The van der Waals surface area contributed by atoms with E-state index in [4.69, 9.17) is 4.74 Å². The quantitative estimate of drug-likeness (QED) is 0.496. The number of nitrogens with zero attached hydrogens (tertiary/aromatic N) is 5. The van der Waals surface area contributed by atoms with Crippen LogP contribution in [0.15, 0.2) is 64.9 Å². The van der Waals surface area contributed by atoms with Crippen molar-refractivity contribution in [2.45, 2.75) is 44.8 Å². The summed E-state index contributed by atoms with van der Waals surface area (Å²) in [6, 6.07) is 1.53. The maximum atomic E-state index is 14.8. The molecule has 4 heterocycles. The number of nitrogens with one attached hydrogen (secondary N) is 2. The number of hydrazone groups is 1. The molecule has 0 amide bonds. The Labute approximate surface area is 216 Å². The van der Waals surface area contributed by atoms with Gasteiger partial charge in [0.1, 0.15) is 30.2 Å². The van der Waals surface area contributed by atoms with Gasteiger partial charge in [-0.3, -0.25) is 14.5 Å². The van der Waals surface area contributed by atoms with Crippen molar-refractivity contribution in [2.24, 2.45) is 5.10 Å². The zero-order chi connectivity index (χ0) is 26.3. The Kier molecular flexibility index (Phi) is 8.60. The van der Waals surface area contributed by atoms with Gasteiger partial charge in [0.05, 0.1) is 18.3 Å². The molecule has 1 fully saturated rings. The molecular weight excluding hydrogens is 473 g/mol. The lowest BCUT2D eigenvalue weighted by Gasteiger charge is -2.29. The van der Waals surface area contributed by atoms with Crippen LogP contribution >= 0.6 is 0 Å². The number of hydrogen-bond donors (Lipinski definition) is 1. The molecule has 0 aromatic carbocycles. The van der Waals surface area contributed by atoms with E-state index in [0.29, 0.717) is 49.6 Å². The lowest BCUT2D eigenvalue weighted by Crippen LogP contribution is -2.42. The number of piperidine rings is 1. The minimum atomic E-state index is -1.32. The van der Waals surface area contributed by atoms with Crippen LogP contribution in [0, 0.1) is 0 Å². The third kappa shape index (κ3) is 6.76. The second-order valence-corrected chi connectivity index (χ2v) is 9.28. The summed E-state index contributed by atoms with van der Waals surface area (Å²) in [6.07, 6.45) is 13.6. The van der Waals surface area contributed by atoms with Crippen LogP contribution in [0.2, 0.25) is 0 Å². The number of rotatable bonds is 10. The van der Waals surface area contributed by atoms with Crippen molar-refractivity contribution >= 4 is 11.8 Å². The van der Waals surface area contributed by atoms with Crippen molar-refractivity contribution in [2.75, 3.05) is 32.8 Å². The number of hydrogen-bond acceptors (Lipinski definition) is 7. The van der Waals surface area contributed by atoms with Gasteiger partial charge in [-0.25, -0.2) is 9.37 Å². The fourth-order valence-corrected chi connectivity index (χ4v) is 4.29. The van der Waals surface area contributed by atoms with Gasteiger partial charge in [-0.05, 0) is 56.4 Å². The Morgan fingerprint density at radius 3 is 2.86 bits per heavy atom. The molecule has 0 spiro atoms. The van der Waals surface area contributed by atoms with Gasteiger partial charge in [-0.15, -0.1) is 0 Å². The smallest absolute Gasteiger partial charge is 0.327 e. The van der Waals surface area contributed by atoms with Crippen molar-refractivity contribution in [3.8, 4) is 5.75 Å². The summed E-state index contributed by atoms with van der Waals surface area (Å²) in [5, 5.41) is 14.1. The molecule has 4 rings (SSSR count). The fraction of sp³-hybridized carbons (Fsp3) is 0.444. The topological polar surface area (TPSA) is 98.8 Å². The SMILES string of the molecule is C=C/C(=C\C(=C/C)c1ncc(OCC2(F)CCNCC2)c[nH+]1)Cc1nn(C2C=NN(CC)C2)ccc1=O. The highest BCUT2D eigenvalue weighted by molar-refractivity contribution is 5.69. The molecule has 1 unspecified atom stereocenters. The van der Waals surface area contributed by atoms with Crippen LogP contribution in [0.3, 0.4) is 0 Å². The van der Waals surface area contributed by atoms with E-state index in [1.807, 2.05) is 37.2 Å². The second kappa shape index (κ2) is 12.1. The summed E-state index contributed by atoms with van der Waals surface area (Å²) in [4.78, 5) is 20.2. The van der Waals surface area contributed by atoms with Gasteiger partial charge in [0.15, 0.2) is 6.20 Å². The van der Waals surface area contributed by atoms with Crippen LogP contribution in [-0.4, -0.2) is 64.4 Å². The Bertz CT molecular complexity index is 1230. The van der Waals surface area contributed by atoms with Crippen LogP contribution in [-0.2, 0) is 6.42 Å². The highest BCUT2D eigenvalue weighted by Gasteiger charge is 2.32. The predicted molar refractivity (Wildman–Crippen MR) is 141 cm³/mol. The molecule has 0 radical (unpaired) electrons. The van der Waals surface area contributed by atoms with E-state index < -0.39 is 5.67 Å². The second-order valence-electron chi connectivity index (χ2n) is 9.28. The van der Waals surface area contributed by atoms with E-state index in [2.05, 4.69) is 32.1 Å². The number of aromatic nitrogens is 4. The van der Waals surface area contributed by atoms with E-state index in [1.165, 1.54) is 0 Å². The van der Waals surface area contributed by atoms with Gasteiger partial charge in [0, 0.05) is 25.2 Å². The first-order chi connectivity index (χ1) is 17.9. The summed E-state index contributed by atoms with van der Waals surface area (Å²) >= 11 is 0. The standard InChI is InChI=1S/C27H34FN7O2/c1-4-20(14-24-25(36)7-12-35(33-24)22-15-32-34(6-3)18-22)13-21(5-2)26-30-16-23(17-31-26)37-19-27(28)8-10-29-11-9-27/h4-5,7,12-13,15-17,22,29H,1,6,8-11,14,18-19H2,2-3H3/p+1/b20-13+,21-5+. The maximum Gasteiger partial charge on any atom is 0.327 e. The first-order valence-corrected chi connectivity index (χ1v) is 12.7. The molecule has 1 saturated heterocycles. The number of alkyl halides is 1. The number of likely N-dealkylation sites (N-methyl/N-ethyl adjacent to an activating group) is 1. The van der Waals surface area contributed by atoms with E-state index in [0.717, 1.165) is 24.2 Å². The van der Waals surface area contributed by atoms with Crippen molar-refractivity contribution in [1.29, 1.82) is 0 Å². The van der Waals surface area contributed by atoms with E-state index >= 15 is 0 Å². The molecule has 37 heavy (non-hydrogen) atoms. The summed E-state index contributed by atoms with van der Waals surface area (Å²) < 4.78 is 22.3. The molecule has 2 aliphatic rings. The zero-order valence-electron chi connectivity index (χ0n) is 21.5. The number of allylic oxidation sites excluding steroid dienone is 5. The lowest BCUT2D eigenvalue weighted by atomic mass is 9.96. The molecule has 1 atom stereocenters. The molecule has 196 valence electrons. The molecular formula is C27H35FN7O2+. The summed E-state index contributed by atoms with van der Waals surface area (Å²) in [6.45, 7) is 10.7. The van der Waals surface area contributed by atoms with Crippen LogP contribution in [0.5, 0.6) is 5.75 Å². The number of aromatic amines is 1. The normalized spacial score (nSPS) is 19.8. The van der Waals surface area contributed by atoms with Crippen molar-refractivity contribution in [1.82, 2.24) is 25.1 Å². The Morgan fingerprint density at radius 1 is 1.41 bits per heavy atom. The van der Waals surface area contributed by atoms with Gasteiger partial charge >= 0.3 is 5.82 Å². The van der Waals surface area contributed by atoms with Gasteiger partial charge in [0.2, 0.25) is 11.2 Å². The molecule has 2 aliphatic heterocycles. The zero-order valence-corrected chi connectivity index (χ0v) is 21.5. The molecule has 0 aliphatic carbocycles. The van der Waals surface area contributed by atoms with E-state index in [9.17, 15) is 9.18 Å². The average molecular weight is 509 g/mol. The summed E-state index contributed by atoms with van der Waals surface area (Å²) in [7, 11) is 0. The number of ether oxygens (including phenoxy) is 1. The lowest BCUT2D eigenvalue weighted by molar-refractivity contribution is -0.387. The largest absolute Gasteiger partial charge is 0.483 e. The van der Waals surface area contributed by atoms with Crippen molar-refractivity contribution in [3.63, 3.8) is 0 Å². The maximum absolute atomic E-state index is 14.8. The predicted octanol–water partition coefficient (Wildman–Crippen LogP) is 2.54. The molecule has 9 nitrogen and oxygen atoms in total. The third-order valence-corrected chi connectivity index (χ3v) is 6.63. The van der Waals surface area contributed by atoms with E-state index in [1.54, 1.807) is 35.4 Å². The molecule has 0 saturated carbocycles. The minimum absolute atomic E-state index is 0.00528. The third-order valence-electron chi connectivity index (χ3n) is 6.63. The molecule has 0 bridgehead atoms. The van der Waals surface area contributed by atoms with Crippen LogP contribution in [0.1, 0.15) is 44.2 Å². The van der Waals surface area contributed by atoms with Crippen LogP contribution in [0.4, 0.5) is 4.39 Å². The highest BCUT2D eigenvalue weighted by atomic mass is 19.1. The monoisotopic (exact) mass is 508 g/mol. The van der Waals surface area contributed by atoms with Crippen LogP contribution in [0.25, 0.3) is 5.57 Å². The molecule has 2 N–H and O–H groups in total. The fourth-order valence-electron chi connectivity index (χ4n) is 4.29. The van der Waals surface area contributed by atoms with Crippen LogP contribution < -0.4 is 20.5 Å². The van der Waals surface area contributed by atoms with Crippen molar-refractivity contribution < 1.29 is 14.1 Å². The first kappa shape index (κ1) is 26.4. The van der Waals surface area contributed by atoms with Gasteiger partial charge in [0.25, 0.3) is 0 Å². The van der Waals surface area contributed by atoms with Crippen molar-refractivity contribution in [3.05, 3.63) is 76.8 Å². The summed E-state index contributed by atoms with van der Waals surface area (Å²) in [5.74, 6) is 1.10. The summed E-state index contributed by atoms with van der Waals surface area (Å²) in [5.41, 5.74) is 0.639. The van der Waals surface area contributed by atoms with Gasteiger partial charge in [-0.2, -0.15) is 10.2 Å². The minimum Gasteiger partial charge on any atom is -0.483 e. The Morgan fingerprint density at radius 2 is 2.22 bits per heavy atom. The van der Waals surface area contributed by atoms with Gasteiger partial charge in [-0.1, -0.05) is 18.7 Å². The number of halogens is 1. The molecule has 2 aromatic heterocycles. The van der Waals surface area contributed by atoms with Gasteiger partial charge < -0.3 is 10.1 Å². The number of H-pyrrole nitrogens is 1. The highest BCUT2D eigenvalue weighted by Crippen LogP contribution is 2.24. The Balaban J connectivity index is 1.44.